The molecule has 2 aromatic rings. The van der Waals surface area contributed by atoms with Crippen molar-refractivity contribution in [2.75, 3.05) is 6.54 Å². The molecule has 0 aliphatic carbocycles. The van der Waals surface area contributed by atoms with Gasteiger partial charge in [-0.3, -0.25) is 0 Å². The van der Waals surface area contributed by atoms with Crippen LogP contribution in [0, 0.1) is 13.8 Å². The van der Waals surface area contributed by atoms with Gasteiger partial charge >= 0.3 is 0 Å². The van der Waals surface area contributed by atoms with Gasteiger partial charge < -0.3 is 5.11 Å². The summed E-state index contributed by atoms with van der Waals surface area (Å²) in [6.45, 7) is 3.99. The number of hydrogen-bond acceptors (Lipinski definition) is 4. The molecule has 0 saturated heterocycles. The summed E-state index contributed by atoms with van der Waals surface area (Å²) in [5, 5.41) is 9.09. The second-order valence-corrected chi connectivity index (χ2v) is 7.94. The van der Waals surface area contributed by atoms with Gasteiger partial charge in [-0.2, -0.15) is 0 Å². The Morgan fingerprint density at radius 2 is 1.95 bits per heavy atom. The minimum Gasteiger partial charge on any atom is -0.391 e. The van der Waals surface area contributed by atoms with Gasteiger partial charge in [-0.1, -0.05) is 24.3 Å². The van der Waals surface area contributed by atoms with E-state index in [0.29, 0.717) is 22.7 Å². The first kappa shape index (κ1) is 16.2. The van der Waals surface area contributed by atoms with Gasteiger partial charge in [-0.15, -0.1) is 11.3 Å². The highest BCUT2D eigenvalue weighted by atomic mass is 32.2. The number of rotatable bonds is 6. The Bertz CT molecular complexity index is 720. The topological polar surface area (TPSA) is 66.4 Å². The van der Waals surface area contributed by atoms with Gasteiger partial charge in [0.15, 0.2) is 0 Å². The average molecular weight is 325 g/mol. The van der Waals surface area contributed by atoms with Crippen molar-refractivity contribution in [1.82, 2.24) is 4.72 Å². The molecule has 6 heteroatoms. The van der Waals surface area contributed by atoms with Gasteiger partial charge in [0.1, 0.15) is 0 Å². The monoisotopic (exact) mass is 325 g/mol. The molecule has 1 aromatic carbocycles. The molecular weight excluding hydrogens is 306 g/mol. The van der Waals surface area contributed by atoms with Crippen LogP contribution >= 0.6 is 11.3 Å². The van der Waals surface area contributed by atoms with Crippen LogP contribution in [0.3, 0.4) is 0 Å². The van der Waals surface area contributed by atoms with E-state index in [1.54, 1.807) is 6.92 Å². The number of thiophene rings is 1. The molecule has 0 spiro atoms. The normalized spacial score (nSPS) is 11.8. The van der Waals surface area contributed by atoms with Gasteiger partial charge in [0.05, 0.1) is 11.5 Å². The van der Waals surface area contributed by atoms with Crippen molar-refractivity contribution in [3.63, 3.8) is 0 Å². The van der Waals surface area contributed by atoms with Gasteiger partial charge in [0, 0.05) is 16.3 Å². The molecule has 0 fully saturated rings. The quantitative estimate of drug-likeness (QED) is 0.857. The molecule has 0 atom stereocenters. The molecule has 0 unspecified atom stereocenters. The first-order valence-corrected chi connectivity index (χ1v) is 8.98. The van der Waals surface area contributed by atoms with E-state index in [1.807, 2.05) is 31.2 Å². The Morgan fingerprint density at radius 1 is 1.24 bits per heavy atom. The molecule has 1 heterocycles. The van der Waals surface area contributed by atoms with Gasteiger partial charge in [-0.05, 0) is 37.5 Å². The number of benzene rings is 1. The van der Waals surface area contributed by atoms with E-state index in [1.165, 1.54) is 17.4 Å². The summed E-state index contributed by atoms with van der Waals surface area (Å²) < 4.78 is 27.2. The predicted octanol–water partition coefficient (Wildman–Crippen LogP) is 2.38. The van der Waals surface area contributed by atoms with Crippen molar-refractivity contribution in [3.8, 4) is 0 Å². The lowest BCUT2D eigenvalue weighted by molar-refractivity contribution is 0.285. The summed E-state index contributed by atoms with van der Waals surface area (Å²) in [5.41, 5.74) is 2.30. The molecule has 0 amide bonds. The summed E-state index contributed by atoms with van der Waals surface area (Å²) in [7, 11) is -3.51. The molecule has 0 aliphatic rings. The summed E-state index contributed by atoms with van der Waals surface area (Å²) in [6, 6.07) is 9.47. The maximum atomic E-state index is 12.3. The second kappa shape index (κ2) is 6.70. The Kier molecular flexibility index (Phi) is 5.16. The Balaban J connectivity index is 2.05. The van der Waals surface area contributed by atoms with Crippen LogP contribution in [0.2, 0.25) is 0 Å². The average Bonchev–Trinajstić information content (AvgIpc) is 2.83. The SMILES string of the molecule is Cc1ccccc1CCNS(=O)(=O)c1cc(CO)sc1C. The van der Waals surface area contributed by atoms with Crippen molar-refractivity contribution >= 4 is 21.4 Å². The fourth-order valence-corrected chi connectivity index (χ4v) is 4.68. The van der Waals surface area contributed by atoms with Crippen LogP contribution in [0.5, 0.6) is 0 Å². The highest BCUT2D eigenvalue weighted by molar-refractivity contribution is 7.89. The molecule has 0 saturated carbocycles. The number of nitrogens with one attached hydrogen (secondary N) is 1. The maximum Gasteiger partial charge on any atom is 0.241 e. The highest BCUT2D eigenvalue weighted by Gasteiger charge is 2.19. The molecular formula is C15H19NO3S2. The number of sulfonamides is 1. The van der Waals surface area contributed by atoms with Gasteiger partial charge in [0.25, 0.3) is 0 Å². The fourth-order valence-electron chi connectivity index (χ4n) is 2.16. The van der Waals surface area contributed by atoms with Crippen LogP contribution in [0.4, 0.5) is 0 Å². The molecule has 21 heavy (non-hydrogen) atoms. The molecule has 2 N–H and O–H groups in total. The van der Waals surface area contributed by atoms with E-state index >= 15 is 0 Å². The lowest BCUT2D eigenvalue weighted by Gasteiger charge is -2.08. The van der Waals surface area contributed by atoms with E-state index in [2.05, 4.69) is 4.72 Å². The summed E-state index contributed by atoms with van der Waals surface area (Å²) in [6.07, 6.45) is 0.655. The zero-order valence-corrected chi connectivity index (χ0v) is 13.7. The van der Waals surface area contributed by atoms with E-state index < -0.39 is 10.0 Å². The minimum absolute atomic E-state index is 0.135. The molecule has 0 radical (unpaired) electrons. The maximum absolute atomic E-state index is 12.3. The Labute approximate surface area is 129 Å². The van der Waals surface area contributed by atoms with Crippen molar-refractivity contribution in [2.45, 2.75) is 31.8 Å². The third-order valence-electron chi connectivity index (χ3n) is 3.32. The number of aryl methyl sites for hydroxylation is 2. The van der Waals surface area contributed by atoms with Crippen molar-refractivity contribution in [2.24, 2.45) is 0 Å². The lowest BCUT2D eigenvalue weighted by Crippen LogP contribution is -2.26. The highest BCUT2D eigenvalue weighted by Crippen LogP contribution is 2.25. The largest absolute Gasteiger partial charge is 0.391 e. The van der Waals surface area contributed by atoms with E-state index in [-0.39, 0.29) is 11.5 Å². The van der Waals surface area contributed by atoms with E-state index in [0.717, 1.165) is 11.1 Å². The van der Waals surface area contributed by atoms with Crippen LogP contribution in [0.15, 0.2) is 35.2 Å². The predicted molar refractivity (Wildman–Crippen MR) is 85.1 cm³/mol. The van der Waals surface area contributed by atoms with Gasteiger partial charge in [0.2, 0.25) is 10.0 Å². The van der Waals surface area contributed by atoms with Crippen LogP contribution in [0.1, 0.15) is 20.9 Å². The number of aliphatic hydroxyl groups is 1. The molecule has 0 bridgehead atoms. The standard InChI is InChI=1S/C15H19NO3S2/c1-11-5-3-4-6-13(11)7-8-16-21(18,19)15-9-14(10-17)20-12(15)2/h3-6,9,16-17H,7-8,10H2,1-2H3. The first-order chi connectivity index (χ1) is 9.94. The van der Waals surface area contributed by atoms with Gasteiger partial charge in [-0.25, -0.2) is 13.1 Å². The molecule has 2 rings (SSSR count). The summed E-state index contributed by atoms with van der Waals surface area (Å²) in [4.78, 5) is 1.62. The van der Waals surface area contributed by atoms with Crippen LogP contribution in [-0.2, 0) is 23.1 Å². The third-order valence-corrected chi connectivity index (χ3v) is 6.07. The molecule has 114 valence electrons. The van der Waals surface area contributed by atoms with E-state index in [9.17, 15) is 8.42 Å². The van der Waals surface area contributed by atoms with Crippen LogP contribution in [-0.4, -0.2) is 20.1 Å². The third kappa shape index (κ3) is 3.91. The number of aliphatic hydroxyl groups excluding tert-OH is 1. The Hall–Kier alpha value is -1.21. The summed E-state index contributed by atoms with van der Waals surface area (Å²) in [5.74, 6) is 0. The molecule has 4 nitrogen and oxygen atoms in total. The van der Waals surface area contributed by atoms with Crippen molar-refractivity contribution in [1.29, 1.82) is 0 Å². The zero-order chi connectivity index (χ0) is 15.5. The van der Waals surface area contributed by atoms with Crippen LogP contribution in [0.25, 0.3) is 0 Å². The Morgan fingerprint density at radius 3 is 2.57 bits per heavy atom. The minimum atomic E-state index is -3.51. The zero-order valence-electron chi connectivity index (χ0n) is 12.1. The molecule has 1 aromatic heterocycles. The first-order valence-electron chi connectivity index (χ1n) is 6.68. The lowest BCUT2D eigenvalue weighted by atomic mass is 10.1. The van der Waals surface area contributed by atoms with E-state index in [4.69, 9.17) is 5.11 Å². The fraction of sp³-hybridized carbons (Fsp3) is 0.333. The summed E-state index contributed by atoms with van der Waals surface area (Å²) >= 11 is 1.30. The smallest absolute Gasteiger partial charge is 0.241 e. The van der Waals surface area contributed by atoms with Crippen LogP contribution < -0.4 is 4.72 Å². The molecule has 0 aliphatic heterocycles. The second-order valence-electron chi connectivity index (χ2n) is 4.87. The van der Waals surface area contributed by atoms with Crippen molar-refractivity contribution < 1.29 is 13.5 Å². The number of hydrogen-bond donors (Lipinski definition) is 2. The van der Waals surface area contributed by atoms with Crippen molar-refractivity contribution in [3.05, 3.63) is 51.2 Å².